The smallest absolute Gasteiger partial charge is 0.243 e. The molecule has 0 bridgehead atoms. The minimum Gasteiger partial charge on any atom is -0.370 e. The Morgan fingerprint density at radius 3 is 1.16 bits per heavy atom. The van der Waals surface area contributed by atoms with Gasteiger partial charge in [-0.3, -0.25) is 53.3 Å². The molecule has 3 aromatic heterocycles. The first kappa shape index (κ1) is 72.9. The highest BCUT2D eigenvalue weighted by molar-refractivity contribution is 5.99. The molecule has 26 N–H and O–H groups in total. The van der Waals surface area contributed by atoms with Crippen LogP contribution in [-0.2, 0) is 57.6 Å². The van der Waals surface area contributed by atoms with Crippen molar-refractivity contribution in [3.05, 3.63) is 108 Å². The molecule has 0 fully saturated rings. The van der Waals surface area contributed by atoms with E-state index in [4.69, 9.17) is 45.9 Å². The number of fused-ring (bicyclic) bond motifs is 3. The van der Waals surface area contributed by atoms with E-state index >= 15 is 14.4 Å². The molecule has 6 aromatic rings. The fourth-order valence-corrected chi connectivity index (χ4v) is 11.0. The van der Waals surface area contributed by atoms with Gasteiger partial charge in [-0.1, -0.05) is 87.2 Å². The summed E-state index contributed by atoms with van der Waals surface area (Å²) < 4.78 is 0. The Bertz CT molecular complexity index is 3560. The predicted molar refractivity (Wildman–Crippen MR) is 365 cm³/mol. The number of para-hydroxylation sites is 3. The number of aromatic nitrogens is 3. The monoisotopic (exact) mass is 1300 g/mol. The zero-order valence-corrected chi connectivity index (χ0v) is 53.5. The number of primary amides is 1. The first-order chi connectivity index (χ1) is 45.2. The Hall–Kier alpha value is -10.2. The average molecular weight is 1300 g/mol. The third-order valence-corrected chi connectivity index (χ3v) is 16.1. The largest absolute Gasteiger partial charge is 0.370 e. The molecule has 29 heteroatoms. The molecule has 94 heavy (non-hydrogen) atoms. The lowest BCUT2D eigenvalue weighted by molar-refractivity contribution is -0.135. The number of nitrogens with two attached hydrogens (primary N) is 8. The van der Waals surface area contributed by atoms with Gasteiger partial charge in [-0.2, -0.15) is 0 Å². The number of unbranched alkanes of at least 4 members (excludes halogenated alkanes) is 5. The summed E-state index contributed by atoms with van der Waals surface area (Å²) in [7, 11) is 0. The molecular weight excluding hydrogens is 1200 g/mol. The average Bonchev–Trinajstić information content (AvgIpc) is 1.67. The molecule has 0 unspecified atom stereocenters. The van der Waals surface area contributed by atoms with Crippen LogP contribution in [0.4, 0.5) is 0 Å². The number of hydrogen-bond acceptors (Lipinski definition) is 12. The third kappa shape index (κ3) is 23.8. The van der Waals surface area contributed by atoms with Crippen molar-refractivity contribution in [2.45, 2.75) is 165 Å². The number of rotatable bonds is 42. The van der Waals surface area contributed by atoms with Gasteiger partial charge in [-0.25, -0.2) is 0 Å². The summed E-state index contributed by atoms with van der Waals surface area (Å²) in [5.74, 6) is -6.03. The van der Waals surface area contributed by atoms with E-state index in [1.54, 1.807) is 18.6 Å². The minimum atomic E-state index is -1.46. The quantitative estimate of drug-likeness (QED) is 0.0142. The van der Waals surface area contributed by atoms with Crippen molar-refractivity contribution in [2.24, 2.45) is 60.8 Å². The lowest BCUT2D eigenvalue weighted by Gasteiger charge is -2.28. The molecule has 0 spiro atoms. The Kier molecular flexibility index (Phi) is 29.4. The number of benzene rings is 3. The second-order valence-corrected chi connectivity index (χ2v) is 23.4. The van der Waals surface area contributed by atoms with Crippen molar-refractivity contribution < 1.29 is 38.4 Å². The summed E-state index contributed by atoms with van der Waals surface area (Å²) in [6.07, 6.45) is 12.1. The van der Waals surface area contributed by atoms with Gasteiger partial charge in [0.05, 0.1) is 6.04 Å². The van der Waals surface area contributed by atoms with Crippen molar-refractivity contribution in [1.29, 1.82) is 0 Å². The first-order valence-electron chi connectivity index (χ1n) is 32.2. The fourth-order valence-electron chi connectivity index (χ4n) is 11.0. The maximum absolute atomic E-state index is 15.2. The number of carbonyl (C=O) groups excluding carboxylic acids is 8. The topological polar surface area (TPSA) is 513 Å². The second kappa shape index (κ2) is 38.0. The maximum atomic E-state index is 15.2. The second-order valence-electron chi connectivity index (χ2n) is 23.4. The molecular formula is C65H95N21O8. The van der Waals surface area contributed by atoms with Crippen LogP contribution in [0.15, 0.2) is 106 Å². The van der Waals surface area contributed by atoms with Crippen LogP contribution in [0.2, 0.25) is 0 Å². The summed E-state index contributed by atoms with van der Waals surface area (Å²) in [6.45, 7) is 2.79. The van der Waals surface area contributed by atoms with Gasteiger partial charge in [-0.05, 0) is 99.1 Å². The number of amides is 8. The fraction of sp³-hybridized carbons (Fsp3) is 0.462. The molecule has 3 heterocycles. The van der Waals surface area contributed by atoms with Crippen LogP contribution in [0.1, 0.15) is 120 Å². The number of carbonyl (C=O) groups is 8. The molecule has 0 saturated carbocycles. The number of H-pyrrole nitrogens is 3. The zero-order valence-electron chi connectivity index (χ0n) is 53.5. The lowest BCUT2D eigenvalue weighted by Crippen LogP contribution is -2.60. The molecule has 0 saturated heterocycles. The van der Waals surface area contributed by atoms with Gasteiger partial charge in [0.25, 0.3) is 0 Å². The van der Waals surface area contributed by atoms with Crippen LogP contribution in [0, 0.1) is 0 Å². The SMILES string of the molecule is CCCCCCCC(=O)NCCCC[C@H](NC(=O)[C@H](Cc1c[nH]c2ccccc12)NC(=O)[C@H](CCCN=C(N)N)NC(=O)[C@@H](Cc1c[nH]c2ccccc12)NC(=O)[C@H](CCCN=C(N)N)NC(=O)[C@@H](Cc1c[nH]c2ccccc12)NC(=O)[C@H](N)CCCN=C(N)N)C(N)=O. The highest BCUT2D eigenvalue weighted by Gasteiger charge is 2.35. The zero-order chi connectivity index (χ0) is 67.9. The normalized spacial score (nSPS) is 13.4. The van der Waals surface area contributed by atoms with E-state index in [2.05, 4.69) is 74.1 Å². The molecule has 0 radical (unpaired) electrons. The maximum Gasteiger partial charge on any atom is 0.243 e. The molecule has 0 aliphatic heterocycles. The number of hydrogen-bond donors (Lipinski definition) is 18. The minimum absolute atomic E-state index is 0.0358. The van der Waals surface area contributed by atoms with E-state index in [0.717, 1.165) is 64.8 Å². The lowest BCUT2D eigenvalue weighted by atomic mass is 10.0. The molecule has 8 amide bonds. The van der Waals surface area contributed by atoms with Crippen LogP contribution in [-0.4, -0.2) is 149 Å². The van der Waals surface area contributed by atoms with Crippen LogP contribution in [0.3, 0.4) is 0 Å². The Balaban J connectivity index is 1.28. The summed E-state index contributed by atoms with van der Waals surface area (Å²) in [6, 6.07) is 12.9. The number of nitrogens with zero attached hydrogens (tertiary/aromatic N) is 3. The number of nitrogens with one attached hydrogen (secondary N) is 10. The van der Waals surface area contributed by atoms with E-state index in [0.29, 0.717) is 48.9 Å². The van der Waals surface area contributed by atoms with Gasteiger partial charge in [0.1, 0.15) is 36.3 Å². The van der Waals surface area contributed by atoms with Gasteiger partial charge in [-0.15, -0.1) is 0 Å². The van der Waals surface area contributed by atoms with E-state index < -0.39 is 83.6 Å². The first-order valence-corrected chi connectivity index (χ1v) is 32.2. The summed E-state index contributed by atoms with van der Waals surface area (Å²) >= 11 is 0. The molecule has 7 atom stereocenters. The Labute approximate surface area is 546 Å². The molecule has 0 aliphatic carbocycles. The Morgan fingerprint density at radius 1 is 0.404 bits per heavy atom. The molecule has 29 nitrogen and oxygen atoms in total. The van der Waals surface area contributed by atoms with Crippen LogP contribution in [0.5, 0.6) is 0 Å². The van der Waals surface area contributed by atoms with Crippen LogP contribution < -0.4 is 83.1 Å². The summed E-state index contributed by atoms with van der Waals surface area (Å²) in [5.41, 5.74) is 50.1. The van der Waals surface area contributed by atoms with Crippen LogP contribution in [0.25, 0.3) is 32.7 Å². The van der Waals surface area contributed by atoms with Crippen LogP contribution >= 0.6 is 0 Å². The van der Waals surface area contributed by atoms with E-state index in [-0.39, 0.29) is 101 Å². The van der Waals surface area contributed by atoms with E-state index in [1.165, 1.54) is 0 Å². The van der Waals surface area contributed by atoms with Crippen molar-refractivity contribution in [1.82, 2.24) is 52.2 Å². The van der Waals surface area contributed by atoms with Crippen molar-refractivity contribution in [2.75, 3.05) is 26.2 Å². The molecule has 3 aromatic carbocycles. The summed E-state index contributed by atoms with van der Waals surface area (Å²) in [4.78, 5) is 136. The van der Waals surface area contributed by atoms with Gasteiger partial charge in [0, 0.05) is 103 Å². The van der Waals surface area contributed by atoms with Gasteiger partial charge in [0.2, 0.25) is 47.3 Å². The van der Waals surface area contributed by atoms with Gasteiger partial charge < -0.3 is 98.0 Å². The summed E-state index contributed by atoms with van der Waals surface area (Å²) in [5, 5.41) is 22.1. The van der Waals surface area contributed by atoms with E-state index in [9.17, 15) is 24.0 Å². The van der Waals surface area contributed by atoms with E-state index in [1.807, 2.05) is 72.8 Å². The third-order valence-electron chi connectivity index (χ3n) is 16.1. The highest BCUT2D eigenvalue weighted by Crippen LogP contribution is 2.23. The van der Waals surface area contributed by atoms with Gasteiger partial charge >= 0.3 is 0 Å². The number of aromatic amines is 3. The van der Waals surface area contributed by atoms with Crippen molar-refractivity contribution in [3.63, 3.8) is 0 Å². The molecule has 0 aliphatic rings. The molecule has 6 rings (SSSR count). The van der Waals surface area contributed by atoms with Gasteiger partial charge in [0.15, 0.2) is 17.9 Å². The van der Waals surface area contributed by atoms with Crippen molar-refractivity contribution in [3.8, 4) is 0 Å². The number of guanidine groups is 3. The Morgan fingerprint density at radius 2 is 0.755 bits per heavy atom. The molecule has 508 valence electrons. The standard InChI is InChI=1S/C65H95N21O8/c1-2-3-4-5-6-28-55(87)74-29-14-13-25-49(56(67)88)81-60(92)53(34-40-37-79-47-23-11-8-19-43(40)47)85-58(90)51(27-17-32-77-65(72)73)83-62(94)54(35-41-38-80-48-24-12-9-20-44(41)48)86-59(91)50(26-16-31-76-64(70)71)82-61(93)52(33-39-36-78-46-22-10-7-18-42(39)46)84-57(89)45(66)21-15-30-75-63(68)69/h7-12,18-20,22-24,36-38,45,49-54,78-80H,2-6,13-17,21,25-35,66H2,1H3,(H2,67,88)(H,74,87)(H,81,92)(H,82,93)(H,83,94)(H,84,89)(H,85,90)(H,86,91)(H4,68,69,75)(H4,70,71,76)(H4,72,73,77)/t45-,49+,50+,51+,52-,53+,54-/m1/s1. The highest BCUT2D eigenvalue weighted by atomic mass is 16.2. The van der Waals surface area contributed by atoms with Crippen molar-refractivity contribution >= 4 is 97.8 Å². The predicted octanol–water partition coefficient (Wildman–Crippen LogP) is 0.688. The number of aliphatic imine (C=N–C) groups is 3.